The van der Waals surface area contributed by atoms with Crippen molar-refractivity contribution >= 4 is 17.7 Å². The third-order valence-electron chi connectivity index (χ3n) is 4.20. The second-order valence-electron chi connectivity index (χ2n) is 6.09. The van der Waals surface area contributed by atoms with Gasteiger partial charge in [0.25, 0.3) is 0 Å². The fraction of sp³-hybridized carbons (Fsp3) is 0.227. The number of ether oxygens (including phenoxy) is 2. The Morgan fingerprint density at radius 3 is 2.52 bits per heavy atom. The van der Waals surface area contributed by atoms with Crippen molar-refractivity contribution in [2.24, 2.45) is 0 Å². The van der Waals surface area contributed by atoms with Crippen LogP contribution in [0.15, 0.2) is 72.4 Å². The quantitative estimate of drug-likeness (QED) is 0.294. The van der Waals surface area contributed by atoms with Crippen molar-refractivity contribution in [2.75, 3.05) is 13.7 Å². The largest absolute Gasteiger partial charge is 0.497 e. The van der Waals surface area contributed by atoms with E-state index in [1.54, 1.807) is 20.1 Å². The molecule has 0 bridgehead atoms. The monoisotopic (exact) mass is 409 g/mol. The third kappa shape index (κ3) is 4.86. The van der Waals surface area contributed by atoms with Crippen LogP contribution in [0.25, 0.3) is 11.4 Å². The number of thioether (sulfide) groups is 1. The zero-order valence-corrected chi connectivity index (χ0v) is 17.3. The summed E-state index contributed by atoms with van der Waals surface area (Å²) in [6.45, 7) is 6.48. The van der Waals surface area contributed by atoms with Crippen LogP contribution in [0.4, 0.5) is 0 Å². The van der Waals surface area contributed by atoms with Crippen LogP contribution in [0.3, 0.4) is 0 Å². The highest BCUT2D eigenvalue weighted by Gasteiger charge is 2.26. The molecule has 3 rings (SSSR count). The first-order valence-electron chi connectivity index (χ1n) is 9.24. The van der Waals surface area contributed by atoms with E-state index in [1.165, 1.54) is 11.8 Å². The van der Waals surface area contributed by atoms with E-state index in [4.69, 9.17) is 9.47 Å². The molecular formula is C22H23N3O3S. The molecule has 0 unspecified atom stereocenters. The van der Waals surface area contributed by atoms with Crippen molar-refractivity contribution in [1.82, 2.24) is 14.8 Å². The SMILES string of the molecule is C=CCn1c(S[C@H](C(=O)OCC)c2ccccc2)nnc1-c1ccc(OC)cc1. The molecule has 0 fully saturated rings. The number of esters is 1. The molecule has 3 aromatic rings. The number of allylic oxidation sites excluding steroid dienone is 1. The van der Waals surface area contributed by atoms with Crippen molar-refractivity contribution in [3.8, 4) is 17.1 Å². The van der Waals surface area contributed by atoms with Gasteiger partial charge in [0, 0.05) is 12.1 Å². The van der Waals surface area contributed by atoms with Gasteiger partial charge in [0.2, 0.25) is 0 Å². The van der Waals surface area contributed by atoms with Crippen molar-refractivity contribution in [2.45, 2.75) is 23.9 Å². The molecule has 0 saturated heterocycles. The average molecular weight is 410 g/mol. The Kier molecular flexibility index (Phi) is 7.08. The molecule has 0 aliphatic rings. The van der Waals surface area contributed by atoms with Crippen LogP contribution in [0, 0.1) is 0 Å². The zero-order valence-electron chi connectivity index (χ0n) is 16.4. The normalized spacial score (nSPS) is 11.7. The number of hydrogen-bond acceptors (Lipinski definition) is 6. The molecule has 0 saturated carbocycles. The lowest BCUT2D eigenvalue weighted by Gasteiger charge is -2.16. The summed E-state index contributed by atoms with van der Waals surface area (Å²) in [6, 6.07) is 17.1. The van der Waals surface area contributed by atoms with E-state index in [-0.39, 0.29) is 5.97 Å². The molecule has 7 heteroatoms. The summed E-state index contributed by atoms with van der Waals surface area (Å²) in [5.41, 5.74) is 1.76. The Labute approximate surface area is 174 Å². The average Bonchev–Trinajstić information content (AvgIpc) is 3.15. The molecule has 0 aliphatic carbocycles. The number of carbonyl (C=O) groups excluding carboxylic acids is 1. The summed E-state index contributed by atoms with van der Waals surface area (Å²) < 4.78 is 12.5. The van der Waals surface area contributed by atoms with Gasteiger partial charge < -0.3 is 9.47 Å². The summed E-state index contributed by atoms with van der Waals surface area (Å²) >= 11 is 1.32. The van der Waals surface area contributed by atoms with Crippen molar-refractivity contribution in [3.05, 3.63) is 72.8 Å². The highest BCUT2D eigenvalue weighted by Crippen LogP contribution is 2.37. The molecule has 6 nitrogen and oxygen atoms in total. The van der Waals surface area contributed by atoms with Gasteiger partial charge in [0.1, 0.15) is 11.0 Å². The minimum absolute atomic E-state index is 0.303. The molecule has 2 aromatic carbocycles. The van der Waals surface area contributed by atoms with Crippen LogP contribution >= 0.6 is 11.8 Å². The van der Waals surface area contributed by atoms with Gasteiger partial charge in [-0.15, -0.1) is 16.8 Å². The van der Waals surface area contributed by atoms with Gasteiger partial charge in [-0.25, -0.2) is 0 Å². The number of aromatic nitrogens is 3. The topological polar surface area (TPSA) is 66.2 Å². The van der Waals surface area contributed by atoms with Gasteiger partial charge >= 0.3 is 5.97 Å². The van der Waals surface area contributed by atoms with E-state index in [9.17, 15) is 4.79 Å². The molecule has 0 N–H and O–H groups in total. The molecule has 0 radical (unpaired) electrons. The van der Waals surface area contributed by atoms with Crippen molar-refractivity contribution < 1.29 is 14.3 Å². The van der Waals surface area contributed by atoms with Gasteiger partial charge in [-0.3, -0.25) is 9.36 Å². The van der Waals surface area contributed by atoms with Crippen LogP contribution in [-0.2, 0) is 16.1 Å². The van der Waals surface area contributed by atoms with Crippen molar-refractivity contribution in [1.29, 1.82) is 0 Å². The fourth-order valence-corrected chi connectivity index (χ4v) is 3.87. The van der Waals surface area contributed by atoms with E-state index in [1.807, 2.05) is 59.2 Å². The second-order valence-corrected chi connectivity index (χ2v) is 7.17. The maximum atomic E-state index is 12.6. The van der Waals surface area contributed by atoms with Gasteiger partial charge in [0.15, 0.2) is 11.0 Å². The van der Waals surface area contributed by atoms with E-state index >= 15 is 0 Å². The number of hydrogen-bond donors (Lipinski definition) is 0. The molecule has 0 amide bonds. The highest BCUT2D eigenvalue weighted by atomic mass is 32.2. The molecule has 150 valence electrons. The summed E-state index contributed by atoms with van der Waals surface area (Å²) in [5.74, 6) is 1.16. The lowest BCUT2D eigenvalue weighted by Crippen LogP contribution is -2.14. The molecular weight excluding hydrogens is 386 g/mol. The Morgan fingerprint density at radius 1 is 1.17 bits per heavy atom. The summed E-state index contributed by atoms with van der Waals surface area (Å²) in [4.78, 5) is 12.6. The van der Waals surface area contributed by atoms with E-state index in [0.29, 0.717) is 24.1 Å². The Morgan fingerprint density at radius 2 is 1.90 bits per heavy atom. The maximum absolute atomic E-state index is 12.6. The van der Waals surface area contributed by atoms with Gasteiger partial charge in [-0.1, -0.05) is 48.2 Å². The molecule has 29 heavy (non-hydrogen) atoms. The third-order valence-corrected chi connectivity index (χ3v) is 5.42. The van der Waals surface area contributed by atoms with Crippen LogP contribution in [0.5, 0.6) is 5.75 Å². The molecule has 0 aliphatic heterocycles. The zero-order chi connectivity index (χ0) is 20.6. The Balaban J connectivity index is 1.96. The van der Waals surface area contributed by atoms with Crippen LogP contribution in [-0.4, -0.2) is 34.5 Å². The number of nitrogens with zero attached hydrogens (tertiary/aromatic N) is 3. The number of methoxy groups -OCH3 is 1. The first-order valence-corrected chi connectivity index (χ1v) is 10.1. The van der Waals surface area contributed by atoms with Crippen molar-refractivity contribution in [3.63, 3.8) is 0 Å². The van der Waals surface area contributed by atoms with E-state index < -0.39 is 5.25 Å². The van der Waals surface area contributed by atoms with Gasteiger partial charge in [-0.2, -0.15) is 0 Å². The standard InChI is InChI=1S/C22H23N3O3S/c1-4-15-25-20(17-11-13-18(27-3)14-12-17)23-24-22(25)29-19(21(26)28-5-2)16-9-7-6-8-10-16/h4,6-14,19H,1,5,15H2,2-3H3/t19-/m0/s1. The molecule has 1 heterocycles. The first kappa shape index (κ1) is 20.7. The van der Waals surface area contributed by atoms with E-state index in [2.05, 4.69) is 16.8 Å². The first-order chi connectivity index (χ1) is 14.2. The van der Waals surface area contributed by atoms with Crippen LogP contribution in [0.1, 0.15) is 17.7 Å². The predicted molar refractivity (Wildman–Crippen MR) is 114 cm³/mol. The summed E-state index contributed by atoms with van der Waals surface area (Å²) in [5, 5.41) is 8.80. The van der Waals surface area contributed by atoms with Crippen LogP contribution < -0.4 is 4.74 Å². The number of rotatable bonds is 9. The smallest absolute Gasteiger partial charge is 0.324 e. The fourth-order valence-electron chi connectivity index (χ4n) is 2.83. The lowest BCUT2D eigenvalue weighted by molar-refractivity contribution is -0.142. The lowest BCUT2D eigenvalue weighted by atomic mass is 10.1. The van der Waals surface area contributed by atoms with Gasteiger partial charge in [-0.05, 0) is 36.8 Å². The Bertz CT molecular complexity index is 955. The minimum atomic E-state index is -0.535. The molecule has 0 spiro atoms. The summed E-state index contributed by atoms with van der Waals surface area (Å²) in [6.07, 6.45) is 1.78. The maximum Gasteiger partial charge on any atom is 0.324 e. The minimum Gasteiger partial charge on any atom is -0.497 e. The molecule has 1 atom stereocenters. The predicted octanol–water partition coefficient (Wildman–Crippen LogP) is 4.54. The second kappa shape index (κ2) is 9.93. The summed E-state index contributed by atoms with van der Waals surface area (Å²) in [7, 11) is 1.63. The van der Waals surface area contributed by atoms with Crippen LogP contribution in [0.2, 0.25) is 0 Å². The number of benzene rings is 2. The van der Waals surface area contributed by atoms with Gasteiger partial charge in [0.05, 0.1) is 13.7 Å². The van der Waals surface area contributed by atoms with E-state index in [0.717, 1.165) is 16.9 Å². The Hall–Kier alpha value is -3.06. The number of carbonyl (C=O) groups is 1. The molecule has 1 aromatic heterocycles. The highest BCUT2D eigenvalue weighted by molar-refractivity contribution is 8.00.